The second-order valence-electron chi connectivity index (χ2n) is 5.25. The maximum atomic E-state index is 6.35. The van der Waals surface area contributed by atoms with Gasteiger partial charge in [-0.25, -0.2) is 0 Å². The molecule has 0 N–H and O–H groups in total. The largest absolute Gasteiger partial charge is 0.491 e. The van der Waals surface area contributed by atoms with Crippen molar-refractivity contribution in [3.63, 3.8) is 0 Å². The number of hydrogen-bond acceptors (Lipinski definition) is 5. The van der Waals surface area contributed by atoms with Crippen LogP contribution in [-0.4, -0.2) is 23.9 Å². The number of rotatable bonds is 6. The summed E-state index contributed by atoms with van der Waals surface area (Å²) in [5, 5.41) is 4.67. The van der Waals surface area contributed by atoms with E-state index < -0.39 is 0 Å². The molecule has 0 aliphatic rings. The van der Waals surface area contributed by atoms with Gasteiger partial charge in [0.05, 0.1) is 18.7 Å². The molecule has 0 radical (unpaired) electrons. The van der Waals surface area contributed by atoms with Gasteiger partial charge in [0, 0.05) is 5.56 Å². The normalized spacial score (nSPS) is 11.5. The molecule has 2 aromatic carbocycles. The van der Waals surface area contributed by atoms with Crippen LogP contribution in [0.4, 0.5) is 0 Å². The Morgan fingerprint density at radius 2 is 2.00 bits per heavy atom. The van der Waals surface area contributed by atoms with Crippen molar-refractivity contribution in [1.29, 1.82) is 0 Å². The lowest BCUT2D eigenvalue weighted by Crippen LogP contribution is -1.96. The monoisotopic (exact) mass is 390 g/mol. The maximum absolute atomic E-state index is 6.35. The lowest BCUT2D eigenvalue weighted by atomic mass is 10.2. The van der Waals surface area contributed by atoms with Gasteiger partial charge in [-0.2, -0.15) is 4.98 Å². The molecule has 26 heavy (non-hydrogen) atoms. The zero-order valence-electron chi connectivity index (χ0n) is 14.2. The third-order valence-corrected chi connectivity index (χ3v) is 4.04. The van der Waals surface area contributed by atoms with Crippen LogP contribution in [-0.2, 0) is 0 Å². The summed E-state index contributed by atoms with van der Waals surface area (Å²) in [6.07, 6.45) is 1.68. The summed E-state index contributed by atoms with van der Waals surface area (Å²) in [5.41, 5.74) is 1.57. The predicted octanol–water partition coefficient (Wildman–Crippen LogP) is 5.53. The number of hydrogen-bond donors (Lipinski definition) is 0. The number of nitrogens with zero attached hydrogens (tertiary/aromatic N) is 2. The molecular weight excluding hydrogens is 375 g/mol. The molecule has 0 unspecified atom stereocenters. The van der Waals surface area contributed by atoms with Crippen LogP contribution in [0.1, 0.15) is 18.4 Å². The van der Waals surface area contributed by atoms with E-state index in [1.165, 1.54) is 7.11 Å². The Bertz CT molecular complexity index is 924. The van der Waals surface area contributed by atoms with Crippen LogP contribution in [0.15, 0.2) is 47.0 Å². The first-order chi connectivity index (χ1) is 12.6. The second kappa shape index (κ2) is 8.25. The maximum Gasteiger partial charge on any atom is 0.269 e. The van der Waals surface area contributed by atoms with E-state index in [4.69, 9.17) is 37.2 Å². The van der Waals surface area contributed by atoms with Gasteiger partial charge < -0.3 is 14.0 Å². The van der Waals surface area contributed by atoms with Crippen molar-refractivity contribution in [3.8, 4) is 22.9 Å². The Kier molecular flexibility index (Phi) is 5.81. The molecule has 0 atom stereocenters. The Morgan fingerprint density at radius 1 is 1.23 bits per heavy atom. The van der Waals surface area contributed by atoms with Crippen LogP contribution >= 0.6 is 23.2 Å². The Hall–Kier alpha value is -2.50. The highest BCUT2D eigenvalue weighted by Crippen LogP contribution is 2.37. The fourth-order valence-corrected chi connectivity index (χ4v) is 2.86. The molecule has 0 spiro atoms. The second-order valence-corrected chi connectivity index (χ2v) is 6.06. The van der Waals surface area contributed by atoms with E-state index in [1.807, 2.05) is 37.3 Å². The summed E-state index contributed by atoms with van der Waals surface area (Å²) in [7, 11) is 1.54. The van der Waals surface area contributed by atoms with Gasteiger partial charge in [-0.15, -0.1) is 0 Å². The summed E-state index contributed by atoms with van der Waals surface area (Å²) in [4.78, 5) is 4.32. The van der Waals surface area contributed by atoms with E-state index in [2.05, 4.69) is 10.1 Å². The van der Waals surface area contributed by atoms with Gasteiger partial charge in [-0.1, -0.05) is 58.7 Å². The summed E-state index contributed by atoms with van der Waals surface area (Å²) < 4.78 is 16.1. The Morgan fingerprint density at radius 3 is 2.69 bits per heavy atom. The van der Waals surface area contributed by atoms with E-state index in [0.717, 1.165) is 11.1 Å². The molecule has 0 saturated heterocycles. The molecule has 1 aromatic heterocycles. The lowest BCUT2D eigenvalue weighted by Gasteiger charge is -2.11. The molecule has 0 aliphatic heterocycles. The highest BCUT2D eigenvalue weighted by Gasteiger charge is 2.14. The first kappa shape index (κ1) is 18.3. The number of methoxy groups -OCH3 is 1. The van der Waals surface area contributed by atoms with E-state index in [0.29, 0.717) is 34.0 Å². The van der Waals surface area contributed by atoms with Crippen molar-refractivity contribution in [2.75, 3.05) is 13.7 Å². The minimum Gasteiger partial charge on any atom is -0.491 e. The highest BCUT2D eigenvalue weighted by atomic mass is 35.5. The molecule has 5 nitrogen and oxygen atoms in total. The standard InChI is InChI=1S/C19H16Cl2N2O3/c1-3-25-16-11-12(9-14(20)17(16)24-2)10-15(21)19-22-18(23-26-19)13-7-5-4-6-8-13/h4-11H,3H2,1-2H3/b15-10-. The highest BCUT2D eigenvalue weighted by molar-refractivity contribution is 6.50. The zero-order chi connectivity index (χ0) is 18.5. The number of aromatic nitrogens is 2. The van der Waals surface area contributed by atoms with Crippen LogP contribution in [0.2, 0.25) is 5.02 Å². The van der Waals surface area contributed by atoms with Crippen molar-refractivity contribution >= 4 is 34.3 Å². The molecule has 0 saturated carbocycles. The molecule has 3 aromatic rings. The lowest BCUT2D eigenvalue weighted by molar-refractivity contribution is 0.311. The molecule has 0 bridgehead atoms. The van der Waals surface area contributed by atoms with Crippen molar-refractivity contribution < 1.29 is 14.0 Å². The average molecular weight is 391 g/mol. The molecule has 0 fully saturated rings. The van der Waals surface area contributed by atoms with Gasteiger partial charge >= 0.3 is 0 Å². The van der Waals surface area contributed by atoms with Gasteiger partial charge in [-0.05, 0) is 30.7 Å². The third kappa shape index (κ3) is 4.00. The summed E-state index contributed by atoms with van der Waals surface area (Å²) in [6, 6.07) is 13.0. The fraction of sp³-hybridized carbons (Fsp3) is 0.158. The molecule has 3 rings (SSSR count). The third-order valence-electron chi connectivity index (χ3n) is 3.49. The number of ether oxygens (including phenoxy) is 2. The molecule has 1 heterocycles. The summed E-state index contributed by atoms with van der Waals surface area (Å²) >= 11 is 12.6. The van der Waals surface area contributed by atoms with Crippen LogP contribution < -0.4 is 9.47 Å². The van der Waals surface area contributed by atoms with Crippen LogP contribution in [0.25, 0.3) is 22.5 Å². The molecule has 0 aliphatic carbocycles. The van der Waals surface area contributed by atoms with Crippen LogP contribution in [0.3, 0.4) is 0 Å². The molecule has 7 heteroatoms. The molecule has 0 amide bonds. The van der Waals surface area contributed by atoms with E-state index in [1.54, 1.807) is 18.2 Å². The first-order valence-electron chi connectivity index (χ1n) is 7.89. The number of benzene rings is 2. The quantitative estimate of drug-likeness (QED) is 0.553. The first-order valence-corrected chi connectivity index (χ1v) is 8.65. The number of halogens is 2. The van der Waals surface area contributed by atoms with Crippen molar-refractivity contribution in [2.24, 2.45) is 0 Å². The van der Waals surface area contributed by atoms with Gasteiger partial charge in [-0.3, -0.25) is 0 Å². The summed E-state index contributed by atoms with van der Waals surface area (Å²) in [5.74, 6) is 1.70. The SMILES string of the molecule is CCOc1cc(/C=C(\Cl)c2nc(-c3ccccc3)no2)cc(Cl)c1OC. The van der Waals surface area contributed by atoms with Gasteiger partial charge in [0.25, 0.3) is 5.89 Å². The minimum absolute atomic E-state index is 0.218. The molecule has 134 valence electrons. The predicted molar refractivity (Wildman–Crippen MR) is 103 cm³/mol. The average Bonchev–Trinajstić information content (AvgIpc) is 3.13. The molecular formula is C19H16Cl2N2O3. The van der Waals surface area contributed by atoms with Gasteiger partial charge in [0.2, 0.25) is 5.82 Å². The van der Waals surface area contributed by atoms with Gasteiger partial charge in [0.1, 0.15) is 5.03 Å². The van der Waals surface area contributed by atoms with Gasteiger partial charge in [0.15, 0.2) is 11.5 Å². The van der Waals surface area contributed by atoms with Crippen molar-refractivity contribution in [2.45, 2.75) is 6.92 Å². The van der Waals surface area contributed by atoms with E-state index in [-0.39, 0.29) is 5.89 Å². The zero-order valence-corrected chi connectivity index (χ0v) is 15.7. The Labute approximate surface area is 161 Å². The van der Waals surface area contributed by atoms with Crippen LogP contribution in [0, 0.1) is 0 Å². The summed E-state index contributed by atoms with van der Waals surface area (Å²) in [6.45, 7) is 2.37. The minimum atomic E-state index is 0.218. The van der Waals surface area contributed by atoms with Crippen molar-refractivity contribution in [1.82, 2.24) is 10.1 Å². The van der Waals surface area contributed by atoms with Crippen LogP contribution in [0.5, 0.6) is 11.5 Å². The van der Waals surface area contributed by atoms with E-state index >= 15 is 0 Å². The fourth-order valence-electron chi connectivity index (χ4n) is 2.37. The Balaban J connectivity index is 1.92. The smallest absolute Gasteiger partial charge is 0.269 e. The topological polar surface area (TPSA) is 57.4 Å². The van der Waals surface area contributed by atoms with E-state index in [9.17, 15) is 0 Å². The van der Waals surface area contributed by atoms with Crippen molar-refractivity contribution in [3.05, 3.63) is 58.9 Å².